The van der Waals surface area contributed by atoms with Crippen LogP contribution in [0, 0.1) is 5.92 Å². The third-order valence-electron chi connectivity index (χ3n) is 4.25. The van der Waals surface area contributed by atoms with E-state index < -0.39 is 0 Å². The van der Waals surface area contributed by atoms with Crippen LogP contribution in [0.3, 0.4) is 0 Å². The monoisotopic (exact) mass is 226 g/mol. The van der Waals surface area contributed by atoms with Gasteiger partial charge in [-0.25, -0.2) is 0 Å². The van der Waals surface area contributed by atoms with Crippen LogP contribution in [-0.2, 0) is 0 Å². The van der Waals surface area contributed by atoms with Crippen LogP contribution in [0.4, 0.5) is 0 Å². The third kappa shape index (κ3) is 4.84. The molecule has 0 heterocycles. The van der Waals surface area contributed by atoms with Crippen molar-refractivity contribution in [3.63, 3.8) is 0 Å². The SMILES string of the molecule is CCC(CN)CCN(C)C1CCCCCC1. The van der Waals surface area contributed by atoms with Crippen molar-refractivity contribution in [2.45, 2.75) is 64.3 Å². The van der Waals surface area contributed by atoms with Gasteiger partial charge in [-0.2, -0.15) is 0 Å². The van der Waals surface area contributed by atoms with E-state index in [2.05, 4.69) is 18.9 Å². The summed E-state index contributed by atoms with van der Waals surface area (Å²) in [4.78, 5) is 2.59. The van der Waals surface area contributed by atoms with Gasteiger partial charge in [-0.3, -0.25) is 0 Å². The van der Waals surface area contributed by atoms with Crippen LogP contribution < -0.4 is 5.73 Å². The Morgan fingerprint density at radius 1 is 1.19 bits per heavy atom. The van der Waals surface area contributed by atoms with E-state index in [1.54, 1.807) is 0 Å². The lowest BCUT2D eigenvalue weighted by Crippen LogP contribution is -2.33. The predicted molar refractivity (Wildman–Crippen MR) is 71.6 cm³/mol. The Labute approximate surface area is 102 Å². The van der Waals surface area contributed by atoms with Gasteiger partial charge < -0.3 is 10.6 Å². The minimum Gasteiger partial charge on any atom is -0.330 e. The van der Waals surface area contributed by atoms with Crippen molar-refractivity contribution in [1.29, 1.82) is 0 Å². The van der Waals surface area contributed by atoms with Crippen molar-refractivity contribution < 1.29 is 0 Å². The van der Waals surface area contributed by atoms with Gasteiger partial charge in [0.15, 0.2) is 0 Å². The quantitative estimate of drug-likeness (QED) is 0.705. The first-order chi connectivity index (χ1) is 7.77. The summed E-state index contributed by atoms with van der Waals surface area (Å²) in [5, 5.41) is 0. The fourth-order valence-corrected chi connectivity index (χ4v) is 2.76. The maximum atomic E-state index is 5.75. The van der Waals surface area contributed by atoms with Crippen molar-refractivity contribution >= 4 is 0 Å². The van der Waals surface area contributed by atoms with Crippen LogP contribution in [0.15, 0.2) is 0 Å². The fourth-order valence-electron chi connectivity index (χ4n) is 2.76. The Hall–Kier alpha value is -0.0800. The van der Waals surface area contributed by atoms with E-state index in [1.165, 1.54) is 57.9 Å². The topological polar surface area (TPSA) is 29.3 Å². The number of nitrogens with two attached hydrogens (primary N) is 1. The first kappa shape index (κ1) is 14.0. The molecule has 0 bridgehead atoms. The van der Waals surface area contributed by atoms with Crippen LogP contribution in [-0.4, -0.2) is 31.1 Å². The lowest BCUT2D eigenvalue weighted by Gasteiger charge is -2.28. The number of hydrogen-bond acceptors (Lipinski definition) is 2. The number of nitrogens with zero attached hydrogens (tertiary/aromatic N) is 1. The molecule has 0 saturated heterocycles. The average Bonchev–Trinajstić information content (AvgIpc) is 2.58. The molecule has 1 unspecified atom stereocenters. The molecule has 0 aliphatic heterocycles. The second-order valence-electron chi connectivity index (χ2n) is 5.42. The van der Waals surface area contributed by atoms with E-state index in [0.717, 1.165) is 18.5 Å². The molecule has 1 aliphatic carbocycles. The summed E-state index contributed by atoms with van der Waals surface area (Å²) in [6.07, 6.45) is 11.1. The Morgan fingerprint density at radius 2 is 1.81 bits per heavy atom. The Balaban J connectivity index is 2.24. The molecule has 1 atom stereocenters. The molecular weight excluding hydrogens is 196 g/mol. The number of rotatable bonds is 6. The molecule has 0 amide bonds. The lowest BCUT2D eigenvalue weighted by atomic mass is 10.0. The van der Waals surface area contributed by atoms with E-state index >= 15 is 0 Å². The van der Waals surface area contributed by atoms with Crippen LogP contribution in [0.5, 0.6) is 0 Å². The second-order valence-corrected chi connectivity index (χ2v) is 5.42. The molecule has 1 fully saturated rings. The molecule has 0 spiro atoms. The molecule has 1 saturated carbocycles. The Morgan fingerprint density at radius 3 is 2.31 bits per heavy atom. The van der Waals surface area contributed by atoms with E-state index in [0.29, 0.717) is 0 Å². The van der Waals surface area contributed by atoms with E-state index in [9.17, 15) is 0 Å². The van der Waals surface area contributed by atoms with Crippen molar-refractivity contribution in [2.75, 3.05) is 20.1 Å². The van der Waals surface area contributed by atoms with E-state index in [1.807, 2.05) is 0 Å². The smallest absolute Gasteiger partial charge is 0.00922 e. The molecule has 1 aliphatic rings. The van der Waals surface area contributed by atoms with Crippen molar-refractivity contribution in [1.82, 2.24) is 4.90 Å². The molecular formula is C14H30N2. The van der Waals surface area contributed by atoms with Crippen molar-refractivity contribution in [3.8, 4) is 0 Å². The van der Waals surface area contributed by atoms with Crippen LogP contribution in [0.1, 0.15) is 58.3 Å². The molecule has 96 valence electrons. The second kappa shape index (κ2) is 8.08. The van der Waals surface area contributed by atoms with Gasteiger partial charge in [0.2, 0.25) is 0 Å². The highest BCUT2D eigenvalue weighted by Gasteiger charge is 2.17. The standard InChI is InChI=1S/C14H30N2/c1-3-13(12-15)10-11-16(2)14-8-6-4-5-7-9-14/h13-14H,3-12,15H2,1-2H3. The Kier molecular flexibility index (Phi) is 7.06. The van der Waals surface area contributed by atoms with Gasteiger partial charge >= 0.3 is 0 Å². The van der Waals surface area contributed by atoms with Gasteiger partial charge in [-0.1, -0.05) is 39.0 Å². The third-order valence-corrected chi connectivity index (χ3v) is 4.25. The van der Waals surface area contributed by atoms with Crippen LogP contribution in [0.2, 0.25) is 0 Å². The summed E-state index contributed by atoms with van der Waals surface area (Å²) in [5.74, 6) is 0.730. The molecule has 2 N–H and O–H groups in total. The number of hydrogen-bond donors (Lipinski definition) is 1. The van der Waals surface area contributed by atoms with Gasteiger partial charge in [0.05, 0.1) is 0 Å². The van der Waals surface area contributed by atoms with Crippen molar-refractivity contribution in [3.05, 3.63) is 0 Å². The summed E-state index contributed by atoms with van der Waals surface area (Å²) < 4.78 is 0. The lowest BCUT2D eigenvalue weighted by molar-refractivity contribution is 0.205. The van der Waals surface area contributed by atoms with Crippen LogP contribution >= 0.6 is 0 Å². The zero-order valence-electron chi connectivity index (χ0n) is 11.3. The molecule has 0 aromatic carbocycles. The zero-order chi connectivity index (χ0) is 11.8. The van der Waals surface area contributed by atoms with Crippen molar-refractivity contribution in [2.24, 2.45) is 11.7 Å². The highest BCUT2D eigenvalue weighted by molar-refractivity contribution is 4.73. The largest absolute Gasteiger partial charge is 0.330 e. The molecule has 16 heavy (non-hydrogen) atoms. The molecule has 1 rings (SSSR count). The first-order valence-electron chi connectivity index (χ1n) is 7.18. The molecule has 2 nitrogen and oxygen atoms in total. The highest BCUT2D eigenvalue weighted by Crippen LogP contribution is 2.21. The zero-order valence-corrected chi connectivity index (χ0v) is 11.3. The Bertz CT molecular complexity index is 158. The maximum Gasteiger partial charge on any atom is 0.00922 e. The van der Waals surface area contributed by atoms with Gasteiger partial charge in [0.25, 0.3) is 0 Å². The summed E-state index contributed by atoms with van der Waals surface area (Å²) in [6.45, 7) is 4.35. The maximum absolute atomic E-state index is 5.75. The van der Waals surface area contributed by atoms with E-state index in [-0.39, 0.29) is 0 Å². The van der Waals surface area contributed by atoms with Gasteiger partial charge in [-0.05, 0) is 45.3 Å². The normalized spacial score (nSPS) is 21.0. The van der Waals surface area contributed by atoms with Gasteiger partial charge in [-0.15, -0.1) is 0 Å². The molecule has 2 heteroatoms. The summed E-state index contributed by atoms with van der Waals surface area (Å²) >= 11 is 0. The van der Waals surface area contributed by atoms with Crippen LogP contribution in [0.25, 0.3) is 0 Å². The average molecular weight is 226 g/mol. The predicted octanol–water partition coefficient (Wildman–Crippen LogP) is 3.02. The molecule has 0 aromatic heterocycles. The summed E-state index contributed by atoms with van der Waals surface area (Å²) in [6, 6.07) is 0.845. The van der Waals surface area contributed by atoms with Gasteiger partial charge in [0.1, 0.15) is 0 Å². The highest BCUT2D eigenvalue weighted by atomic mass is 15.1. The summed E-state index contributed by atoms with van der Waals surface area (Å²) in [7, 11) is 2.30. The molecule has 0 radical (unpaired) electrons. The molecule has 0 aromatic rings. The van der Waals surface area contributed by atoms with Gasteiger partial charge in [0, 0.05) is 6.04 Å². The minimum absolute atomic E-state index is 0.730. The summed E-state index contributed by atoms with van der Waals surface area (Å²) in [5.41, 5.74) is 5.75. The first-order valence-corrected chi connectivity index (χ1v) is 7.18. The van der Waals surface area contributed by atoms with E-state index in [4.69, 9.17) is 5.73 Å². The minimum atomic E-state index is 0.730. The fraction of sp³-hybridized carbons (Fsp3) is 1.00.